The lowest BCUT2D eigenvalue weighted by Gasteiger charge is -2.18. The Morgan fingerprint density at radius 1 is 0.571 bits per heavy atom. The Balaban J connectivity index is 0.000000199. The van der Waals surface area contributed by atoms with Gasteiger partial charge in [-0.2, -0.15) is 0 Å². The van der Waals surface area contributed by atoms with Gasteiger partial charge in [0.15, 0.2) is 0 Å². The summed E-state index contributed by atoms with van der Waals surface area (Å²) in [5.74, 6) is 0.937. The molecule has 35 heavy (non-hydrogen) atoms. The monoisotopic (exact) mass is 548 g/mol. The summed E-state index contributed by atoms with van der Waals surface area (Å²) < 4.78 is 5.61. The molecule has 0 aliphatic heterocycles. The first-order valence-corrected chi connectivity index (χ1v) is 14.6. The number of hydrogen-bond acceptors (Lipinski definition) is 2. The minimum atomic E-state index is -0.446. The molecule has 0 saturated heterocycles. The summed E-state index contributed by atoms with van der Waals surface area (Å²) in [6, 6.07) is 40.5. The van der Waals surface area contributed by atoms with Crippen molar-refractivity contribution in [2.24, 2.45) is 0 Å². The number of aliphatic hydroxyl groups is 1. The maximum atomic E-state index is 8.62. The van der Waals surface area contributed by atoms with Crippen molar-refractivity contribution in [3.8, 4) is 5.75 Å². The van der Waals surface area contributed by atoms with E-state index in [1.807, 2.05) is 12.1 Å². The third-order valence-corrected chi connectivity index (χ3v) is 8.53. The van der Waals surface area contributed by atoms with Crippen LogP contribution in [0, 0.1) is 0 Å². The van der Waals surface area contributed by atoms with Crippen LogP contribution in [-0.2, 0) is 5.33 Å². The van der Waals surface area contributed by atoms with E-state index in [1.165, 1.54) is 21.5 Å². The number of aliphatic hydroxyl groups excluding tert-OH is 1. The molecule has 0 amide bonds. The van der Waals surface area contributed by atoms with Gasteiger partial charge in [0.25, 0.3) is 0 Å². The highest BCUT2D eigenvalue weighted by Gasteiger charge is 2.15. The summed E-state index contributed by atoms with van der Waals surface area (Å²) in [6.45, 7) is 1.06. The van der Waals surface area contributed by atoms with Crippen LogP contribution in [0.3, 0.4) is 0 Å². The van der Waals surface area contributed by atoms with Gasteiger partial charge in [0.05, 0.1) is 6.61 Å². The van der Waals surface area contributed by atoms with Crippen molar-refractivity contribution in [1.29, 1.82) is 0 Å². The fraction of sp³-hybridized carbons (Fsp3) is 0.226. The quantitative estimate of drug-likeness (QED) is 0.125. The first-order valence-electron chi connectivity index (χ1n) is 12.2. The van der Waals surface area contributed by atoms with Crippen LogP contribution >= 0.6 is 23.9 Å². The van der Waals surface area contributed by atoms with Gasteiger partial charge in [0, 0.05) is 11.9 Å². The molecule has 0 aliphatic rings. The number of halogens is 1. The zero-order valence-corrected chi connectivity index (χ0v) is 22.6. The first kappa shape index (κ1) is 27.1. The fourth-order valence-electron chi connectivity index (χ4n) is 3.61. The van der Waals surface area contributed by atoms with Crippen molar-refractivity contribution in [1.82, 2.24) is 0 Å². The first-order chi connectivity index (χ1) is 17.3. The number of rotatable bonds is 11. The van der Waals surface area contributed by atoms with Gasteiger partial charge in [-0.25, -0.2) is 0 Å². The van der Waals surface area contributed by atoms with Crippen LogP contribution in [-0.4, -0.2) is 18.3 Å². The van der Waals surface area contributed by atoms with Crippen LogP contribution < -0.4 is 20.7 Å². The normalized spacial score (nSPS) is 10.5. The van der Waals surface area contributed by atoms with E-state index in [-0.39, 0.29) is 0 Å². The second-order valence-corrected chi connectivity index (χ2v) is 10.9. The minimum absolute atomic E-state index is 0.300. The van der Waals surface area contributed by atoms with E-state index < -0.39 is 7.92 Å². The van der Waals surface area contributed by atoms with E-state index in [1.54, 1.807) is 0 Å². The molecule has 0 spiro atoms. The highest BCUT2D eigenvalue weighted by Crippen LogP contribution is 2.32. The maximum Gasteiger partial charge on any atom is 0.119 e. The minimum Gasteiger partial charge on any atom is -0.494 e. The molecule has 1 N–H and O–H groups in total. The molecule has 0 radical (unpaired) electrons. The van der Waals surface area contributed by atoms with Gasteiger partial charge in [-0.05, 0) is 60.8 Å². The summed E-state index contributed by atoms with van der Waals surface area (Å²) in [4.78, 5) is 0. The molecule has 4 heteroatoms. The SMILES string of the molecule is OCCCCCCOc1ccc(CBr)cc1.c1ccc(P(c2ccccc2)c2ccccc2)cc1. The Morgan fingerprint density at radius 2 is 1.03 bits per heavy atom. The number of hydrogen-bond donors (Lipinski definition) is 1. The molecule has 2 nitrogen and oxygen atoms in total. The Hall–Kier alpha value is -2.45. The largest absolute Gasteiger partial charge is 0.494 e. The molecule has 0 heterocycles. The van der Waals surface area contributed by atoms with Gasteiger partial charge >= 0.3 is 0 Å². The summed E-state index contributed by atoms with van der Waals surface area (Å²) in [5, 5.41) is 13.7. The molecule has 0 bridgehead atoms. The lowest BCUT2D eigenvalue weighted by Crippen LogP contribution is -2.20. The van der Waals surface area contributed by atoms with Crippen molar-refractivity contribution in [2.75, 3.05) is 13.2 Å². The predicted octanol–water partition coefficient (Wildman–Crippen LogP) is 6.96. The molecule has 0 fully saturated rings. The summed E-state index contributed by atoms with van der Waals surface area (Å²) in [6.07, 6.45) is 4.17. The molecular formula is C31H34BrO2P. The lowest BCUT2D eigenvalue weighted by atomic mass is 10.2. The zero-order chi connectivity index (χ0) is 24.6. The number of benzene rings is 4. The van der Waals surface area contributed by atoms with E-state index in [2.05, 4.69) is 119 Å². The van der Waals surface area contributed by atoms with Crippen LogP contribution in [0.4, 0.5) is 0 Å². The van der Waals surface area contributed by atoms with E-state index in [4.69, 9.17) is 9.84 Å². The molecule has 0 atom stereocenters. The second kappa shape index (κ2) is 16.3. The summed E-state index contributed by atoms with van der Waals surface area (Å²) in [7, 11) is -0.446. The van der Waals surface area contributed by atoms with Gasteiger partial charge in [0.2, 0.25) is 0 Å². The molecule has 4 aromatic rings. The van der Waals surface area contributed by atoms with Crippen molar-refractivity contribution in [3.63, 3.8) is 0 Å². The Bertz CT molecular complexity index is 964. The molecule has 0 aromatic heterocycles. The number of ether oxygens (including phenoxy) is 1. The Labute approximate surface area is 219 Å². The van der Waals surface area contributed by atoms with Gasteiger partial charge in [0.1, 0.15) is 5.75 Å². The molecular weight excluding hydrogens is 515 g/mol. The zero-order valence-electron chi connectivity index (χ0n) is 20.1. The Morgan fingerprint density at radius 3 is 1.46 bits per heavy atom. The topological polar surface area (TPSA) is 29.5 Å². The van der Waals surface area contributed by atoms with Crippen LogP contribution in [0.1, 0.15) is 31.2 Å². The van der Waals surface area contributed by atoms with E-state index in [9.17, 15) is 0 Å². The summed E-state index contributed by atoms with van der Waals surface area (Å²) in [5.41, 5.74) is 1.26. The Kier molecular flexibility index (Phi) is 12.6. The predicted molar refractivity (Wildman–Crippen MR) is 155 cm³/mol. The van der Waals surface area contributed by atoms with Gasteiger partial charge in [-0.15, -0.1) is 0 Å². The van der Waals surface area contributed by atoms with E-state index >= 15 is 0 Å². The molecule has 0 aliphatic carbocycles. The fourth-order valence-corrected chi connectivity index (χ4v) is 6.29. The highest BCUT2D eigenvalue weighted by molar-refractivity contribution is 9.08. The van der Waals surface area contributed by atoms with Crippen molar-refractivity contribution >= 4 is 39.8 Å². The van der Waals surface area contributed by atoms with Crippen LogP contribution in [0.25, 0.3) is 0 Å². The van der Waals surface area contributed by atoms with E-state index in [0.29, 0.717) is 6.61 Å². The average molecular weight is 549 g/mol. The molecule has 4 rings (SSSR count). The third-order valence-electron chi connectivity index (χ3n) is 5.44. The summed E-state index contributed by atoms with van der Waals surface area (Å²) >= 11 is 3.41. The smallest absolute Gasteiger partial charge is 0.119 e. The molecule has 182 valence electrons. The van der Waals surface area contributed by atoms with Crippen molar-refractivity contribution < 1.29 is 9.84 Å². The van der Waals surface area contributed by atoms with Crippen LogP contribution in [0.2, 0.25) is 0 Å². The second-order valence-electron chi connectivity index (χ2n) is 8.11. The van der Waals surface area contributed by atoms with Crippen LogP contribution in [0.5, 0.6) is 5.75 Å². The van der Waals surface area contributed by atoms with Gasteiger partial charge < -0.3 is 9.84 Å². The maximum absolute atomic E-state index is 8.62. The van der Waals surface area contributed by atoms with Gasteiger partial charge in [-0.3, -0.25) is 0 Å². The average Bonchev–Trinajstić information content (AvgIpc) is 2.93. The number of alkyl halides is 1. The van der Waals surface area contributed by atoms with Crippen LogP contribution in [0.15, 0.2) is 115 Å². The molecule has 0 unspecified atom stereocenters. The third kappa shape index (κ3) is 9.61. The lowest BCUT2D eigenvalue weighted by molar-refractivity contribution is 0.273. The standard InChI is InChI=1S/C18H15P.C13H19BrO2/c1-4-10-16(11-5-1)19(17-12-6-2-7-13-17)18-14-8-3-9-15-18;14-11-12-5-7-13(8-6-12)16-10-4-2-1-3-9-15/h1-15H;5-8,15H,1-4,9-11H2. The number of unbranched alkanes of at least 4 members (excludes halogenated alkanes) is 3. The molecule has 4 aromatic carbocycles. The molecule has 0 saturated carbocycles. The van der Waals surface area contributed by atoms with E-state index in [0.717, 1.165) is 43.4 Å². The van der Waals surface area contributed by atoms with Gasteiger partial charge in [-0.1, -0.05) is 125 Å². The van der Waals surface area contributed by atoms with Crippen molar-refractivity contribution in [3.05, 3.63) is 121 Å². The highest BCUT2D eigenvalue weighted by atomic mass is 79.9. The van der Waals surface area contributed by atoms with Crippen molar-refractivity contribution in [2.45, 2.75) is 31.0 Å².